The Balaban J connectivity index is 1.74. The van der Waals surface area contributed by atoms with Gasteiger partial charge in [0, 0.05) is 17.1 Å². The SMILES string of the molecule is Cc1ccc(N(c2ccc(C)cc2)c2ccc(B3OC(C)(C)C(C)(C)O3)c(C)c2)cc1. The molecule has 0 unspecified atom stereocenters. The predicted molar refractivity (Wildman–Crippen MR) is 131 cm³/mol. The Morgan fingerprint density at radius 2 is 1.03 bits per heavy atom. The molecule has 0 aromatic heterocycles. The van der Waals surface area contributed by atoms with Crippen LogP contribution in [0, 0.1) is 20.8 Å². The second-order valence-electron chi connectivity index (χ2n) is 9.64. The van der Waals surface area contributed by atoms with E-state index in [2.05, 4.69) is 120 Å². The van der Waals surface area contributed by atoms with Crippen LogP contribution < -0.4 is 10.4 Å². The van der Waals surface area contributed by atoms with Crippen LogP contribution in [0.25, 0.3) is 0 Å². The fraction of sp³-hybridized carbons (Fsp3) is 0.333. The van der Waals surface area contributed by atoms with Crippen molar-refractivity contribution in [3.8, 4) is 0 Å². The summed E-state index contributed by atoms with van der Waals surface area (Å²) in [4.78, 5) is 2.29. The smallest absolute Gasteiger partial charge is 0.399 e. The minimum atomic E-state index is -0.355. The standard InChI is InChI=1S/C27H32BNO2/c1-19-8-12-22(13-9-19)29(23-14-10-20(2)11-15-23)24-16-17-25(21(3)18-24)28-30-26(4,5)27(6,7)31-28/h8-18H,1-7H3. The molecule has 0 saturated carbocycles. The third kappa shape index (κ3) is 4.15. The average molecular weight is 413 g/mol. The Morgan fingerprint density at radius 3 is 1.45 bits per heavy atom. The van der Waals surface area contributed by atoms with Gasteiger partial charge in [0.15, 0.2) is 0 Å². The van der Waals surface area contributed by atoms with Gasteiger partial charge in [-0.2, -0.15) is 0 Å². The second kappa shape index (κ2) is 7.85. The van der Waals surface area contributed by atoms with Gasteiger partial charge < -0.3 is 14.2 Å². The van der Waals surface area contributed by atoms with E-state index in [4.69, 9.17) is 9.31 Å². The van der Waals surface area contributed by atoms with Gasteiger partial charge in [-0.1, -0.05) is 41.5 Å². The molecule has 4 heteroatoms. The van der Waals surface area contributed by atoms with E-state index in [0.717, 1.165) is 28.1 Å². The maximum absolute atomic E-state index is 6.29. The molecule has 0 spiro atoms. The zero-order valence-corrected chi connectivity index (χ0v) is 19.7. The molecule has 1 fully saturated rings. The quantitative estimate of drug-likeness (QED) is 0.463. The Hall–Kier alpha value is -2.56. The zero-order chi connectivity index (χ0) is 22.4. The maximum atomic E-state index is 6.29. The van der Waals surface area contributed by atoms with Crippen molar-refractivity contribution in [3.05, 3.63) is 83.4 Å². The number of rotatable bonds is 4. The van der Waals surface area contributed by atoms with Crippen molar-refractivity contribution in [3.63, 3.8) is 0 Å². The molecule has 3 aromatic rings. The van der Waals surface area contributed by atoms with E-state index in [1.807, 2.05) is 0 Å². The Labute approximate surface area is 187 Å². The molecular formula is C27H32BNO2. The summed E-state index contributed by atoms with van der Waals surface area (Å²) in [6, 6.07) is 23.8. The molecule has 1 heterocycles. The highest BCUT2D eigenvalue weighted by Gasteiger charge is 2.52. The van der Waals surface area contributed by atoms with Crippen LogP contribution in [-0.2, 0) is 9.31 Å². The number of hydrogen-bond donors (Lipinski definition) is 0. The zero-order valence-electron chi connectivity index (χ0n) is 19.7. The van der Waals surface area contributed by atoms with Gasteiger partial charge in [-0.15, -0.1) is 0 Å². The van der Waals surface area contributed by atoms with Crippen LogP contribution in [0.4, 0.5) is 17.1 Å². The number of aryl methyl sites for hydroxylation is 3. The van der Waals surface area contributed by atoms with Gasteiger partial charge >= 0.3 is 7.12 Å². The van der Waals surface area contributed by atoms with Gasteiger partial charge in [0.2, 0.25) is 0 Å². The number of hydrogen-bond acceptors (Lipinski definition) is 3. The van der Waals surface area contributed by atoms with Crippen LogP contribution in [0.5, 0.6) is 0 Å². The fourth-order valence-electron chi connectivity index (χ4n) is 3.87. The van der Waals surface area contributed by atoms with Crippen molar-refractivity contribution < 1.29 is 9.31 Å². The highest BCUT2D eigenvalue weighted by Crippen LogP contribution is 2.38. The van der Waals surface area contributed by atoms with E-state index >= 15 is 0 Å². The van der Waals surface area contributed by atoms with Crippen molar-refractivity contribution in [1.29, 1.82) is 0 Å². The van der Waals surface area contributed by atoms with E-state index in [1.165, 1.54) is 11.1 Å². The second-order valence-corrected chi connectivity index (χ2v) is 9.64. The highest BCUT2D eigenvalue weighted by molar-refractivity contribution is 6.62. The first-order valence-electron chi connectivity index (χ1n) is 11.0. The topological polar surface area (TPSA) is 21.7 Å². The lowest BCUT2D eigenvalue weighted by Gasteiger charge is -2.32. The molecule has 0 aliphatic carbocycles. The molecule has 4 rings (SSSR count). The summed E-state index contributed by atoms with van der Waals surface area (Å²) >= 11 is 0. The fourth-order valence-corrected chi connectivity index (χ4v) is 3.87. The van der Waals surface area contributed by atoms with Crippen LogP contribution in [0.1, 0.15) is 44.4 Å². The van der Waals surface area contributed by atoms with Crippen LogP contribution in [0.2, 0.25) is 0 Å². The lowest BCUT2D eigenvalue weighted by Crippen LogP contribution is -2.41. The van der Waals surface area contributed by atoms with Gasteiger partial charge in [-0.05, 0) is 95.9 Å². The molecule has 3 aromatic carbocycles. The van der Waals surface area contributed by atoms with Crippen LogP contribution in [-0.4, -0.2) is 18.3 Å². The summed E-state index contributed by atoms with van der Waals surface area (Å²) in [5.74, 6) is 0. The van der Waals surface area contributed by atoms with Crippen molar-refractivity contribution in [2.24, 2.45) is 0 Å². The Bertz CT molecular complexity index is 1010. The molecular weight excluding hydrogens is 381 g/mol. The average Bonchev–Trinajstić information content (AvgIpc) is 2.92. The summed E-state index contributed by atoms with van der Waals surface area (Å²) < 4.78 is 12.6. The van der Waals surface area contributed by atoms with Crippen molar-refractivity contribution in [2.45, 2.75) is 59.7 Å². The van der Waals surface area contributed by atoms with E-state index in [9.17, 15) is 0 Å². The normalized spacial score (nSPS) is 17.1. The molecule has 160 valence electrons. The minimum Gasteiger partial charge on any atom is -0.399 e. The van der Waals surface area contributed by atoms with Crippen LogP contribution >= 0.6 is 0 Å². The molecule has 0 N–H and O–H groups in total. The lowest BCUT2D eigenvalue weighted by atomic mass is 9.76. The summed E-state index contributed by atoms with van der Waals surface area (Å²) in [5.41, 5.74) is 7.42. The monoisotopic (exact) mass is 413 g/mol. The lowest BCUT2D eigenvalue weighted by molar-refractivity contribution is 0.00578. The summed E-state index contributed by atoms with van der Waals surface area (Å²) in [5, 5.41) is 0. The molecule has 0 bridgehead atoms. The van der Waals surface area contributed by atoms with Crippen molar-refractivity contribution in [1.82, 2.24) is 0 Å². The molecule has 0 amide bonds. The Kier molecular flexibility index (Phi) is 5.49. The minimum absolute atomic E-state index is 0.349. The van der Waals surface area contributed by atoms with Crippen LogP contribution in [0.3, 0.4) is 0 Å². The number of anilines is 3. The first-order valence-corrected chi connectivity index (χ1v) is 11.0. The summed E-state index contributed by atoms with van der Waals surface area (Å²) in [6.07, 6.45) is 0. The van der Waals surface area contributed by atoms with E-state index in [0.29, 0.717) is 0 Å². The van der Waals surface area contributed by atoms with Crippen LogP contribution in [0.15, 0.2) is 66.7 Å². The molecule has 1 aliphatic rings. The maximum Gasteiger partial charge on any atom is 0.495 e. The Morgan fingerprint density at radius 1 is 0.613 bits per heavy atom. The first kappa shape index (κ1) is 21.7. The largest absolute Gasteiger partial charge is 0.495 e. The third-order valence-corrected chi connectivity index (χ3v) is 6.60. The molecule has 0 radical (unpaired) electrons. The van der Waals surface area contributed by atoms with Crippen molar-refractivity contribution in [2.75, 3.05) is 4.90 Å². The summed E-state index contributed by atoms with van der Waals surface area (Å²) in [6.45, 7) is 14.7. The molecule has 1 aliphatic heterocycles. The molecule has 31 heavy (non-hydrogen) atoms. The summed E-state index contributed by atoms with van der Waals surface area (Å²) in [7, 11) is -0.355. The predicted octanol–water partition coefficient (Wildman–Crippen LogP) is 6.38. The first-order chi connectivity index (χ1) is 14.6. The van der Waals surface area contributed by atoms with Crippen molar-refractivity contribution >= 4 is 29.6 Å². The third-order valence-electron chi connectivity index (χ3n) is 6.60. The van der Waals surface area contributed by atoms with Gasteiger partial charge in [-0.25, -0.2) is 0 Å². The number of benzene rings is 3. The van der Waals surface area contributed by atoms with E-state index in [-0.39, 0.29) is 18.3 Å². The van der Waals surface area contributed by atoms with E-state index < -0.39 is 0 Å². The molecule has 3 nitrogen and oxygen atoms in total. The highest BCUT2D eigenvalue weighted by atomic mass is 16.7. The van der Waals surface area contributed by atoms with Gasteiger partial charge in [0.05, 0.1) is 11.2 Å². The number of nitrogens with zero attached hydrogens (tertiary/aromatic N) is 1. The van der Waals surface area contributed by atoms with Gasteiger partial charge in [-0.3, -0.25) is 0 Å². The molecule has 1 saturated heterocycles. The molecule has 0 atom stereocenters. The van der Waals surface area contributed by atoms with Gasteiger partial charge in [0.25, 0.3) is 0 Å². The van der Waals surface area contributed by atoms with Gasteiger partial charge in [0.1, 0.15) is 0 Å². The van der Waals surface area contributed by atoms with E-state index in [1.54, 1.807) is 0 Å².